The molecule has 0 aliphatic carbocycles. The number of hydrogen-bond acceptors (Lipinski definition) is 2. The molecule has 2 aromatic rings. The fourth-order valence-corrected chi connectivity index (χ4v) is 2.21. The summed E-state index contributed by atoms with van der Waals surface area (Å²) in [6, 6.07) is 8.47. The minimum Gasteiger partial charge on any atom is -0.346 e. The zero-order valence-electron chi connectivity index (χ0n) is 11.9. The number of para-hydroxylation sites is 1. The van der Waals surface area contributed by atoms with Gasteiger partial charge in [0.05, 0.1) is 12.1 Å². The van der Waals surface area contributed by atoms with Crippen LogP contribution in [0.4, 0.5) is 0 Å². The van der Waals surface area contributed by atoms with Crippen LogP contribution in [-0.4, -0.2) is 10.2 Å². The van der Waals surface area contributed by atoms with Crippen molar-refractivity contribution < 1.29 is 4.84 Å². The van der Waals surface area contributed by atoms with Gasteiger partial charge in [0, 0.05) is 23.6 Å². The highest BCUT2D eigenvalue weighted by Gasteiger charge is 2.13. The molecule has 3 nitrogen and oxygen atoms in total. The van der Waals surface area contributed by atoms with Crippen LogP contribution in [-0.2, 0) is 18.4 Å². The SMILES string of the molecule is Cc1c(CNOC(C)(C)C)n(C)c2ccccc12. The number of hydrogen-bond donors (Lipinski definition) is 1. The number of hydroxylamine groups is 1. The minimum absolute atomic E-state index is 0.168. The van der Waals surface area contributed by atoms with Gasteiger partial charge in [0.15, 0.2) is 0 Å². The van der Waals surface area contributed by atoms with Crippen molar-refractivity contribution in [2.24, 2.45) is 7.05 Å². The second kappa shape index (κ2) is 4.75. The summed E-state index contributed by atoms with van der Waals surface area (Å²) < 4.78 is 2.23. The molecule has 0 atom stereocenters. The summed E-state index contributed by atoms with van der Waals surface area (Å²) in [4.78, 5) is 5.58. The molecule has 0 saturated heterocycles. The molecule has 1 aromatic heterocycles. The summed E-state index contributed by atoms with van der Waals surface area (Å²) in [5.41, 5.74) is 6.74. The Kier molecular flexibility index (Phi) is 3.46. The molecule has 1 heterocycles. The zero-order valence-corrected chi connectivity index (χ0v) is 11.9. The van der Waals surface area contributed by atoms with Crippen molar-refractivity contribution in [3.05, 3.63) is 35.5 Å². The van der Waals surface area contributed by atoms with E-state index in [0.717, 1.165) is 0 Å². The van der Waals surface area contributed by atoms with E-state index in [4.69, 9.17) is 4.84 Å². The highest BCUT2D eigenvalue weighted by atomic mass is 16.7. The molecule has 0 fully saturated rings. The Bertz CT molecular complexity index is 510. The lowest BCUT2D eigenvalue weighted by atomic mass is 10.1. The first-order valence-corrected chi connectivity index (χ1v) is 6.34. The Morgan fingerprint density at radius 1 is 1.22 bits per heavy atom. The second-order valence-corrected chi connectivity index (χ2v) is 5.68. The van der Waals surface area contributed by atoms with Gasteiger partial charge in [-0.25, -0.2) is 0 Å². The van der Waals surface area contributed by atoms with E-state index in [-0.39, 0.29) is 5.60 Å². The molecule has 2 rings (SSSR count). The van der Waals surface area contributed by atoms with Crippen molar-refractivity contribution in [1.29, 1.82) is 0 Å². The van der Waals surface area contributed by atoms with Crippen molar-refractivity contribution in [1.82, 2.24) is 10.0 Å². The van der Waals surface area contributed by atoms with Gasteiger partial charge in [0.1, 0.15) is 0 Å². The molecule has 0 aliphatic rings. The average Bonchev–Trinajstić information content (AvgIpc) is 2.53. The topological polar surface area (TPSA) is 26.2 Å². The first kappa shape index (κ1) is 13.1. The molecule has 0 bridgehead atoms. The fourth-order valence-electron chi connectivity index (χ4n) is 2.21. The van der Waals surface area contributed by atoms with Gasteiger partial charge < -0.3 is 4.57 Å². The van der Waals surface area contributed by atoms with Crippen LogP contribution in [0.5, 0.6) is 0 Å². The van der Waals surface area contributed by atoms with Crippen LogP contribution < -0.4 is 5.48 Å². The maximum absolute atomic E-state index is 5.58. The Morgan fingerprint density at radius 3 is 2.50 bits per heavy atom. The van der Waals surface area contributed by atoms with E-state index in [1.165, 1.54) is 22.2 Å². The lowest BCUT2D eigenvalue weighted by molar-refractivity contribution is -0.0764. The third-order valence-electron chi connectivity index (χ3n) is 3.13. The van der Waals surface area contributed by atoms with E-state index in [1.807, 2.05) is 20.8 Å². The molecule has 0 radical (unpaired) electrons. The van der Waals surface area contributed by atoms with Crippen LogP contribution >= 0.6 is 0 Å². The predicted octanol–water partition coefficient (Wildman–Crippen LogP) is 3.31. The van der Waals surface area contributed by atoms with E-state index in [9.17, 15) is 0 Å². The molecule has 0 spiro atoms. The van der Waals surface area contributed by atoms with E-state index in [0.29, 0.717) is 6.54 Å². The van der Waals surface area contributed by atoms with E-state index < -0.39 is 0 Å². The maximum atomic E-state index is 5.58. The van der Waals surface area contributed by atoms with Crippen molar-refractivity contribution in [2.75, 3.05) is 0 Å². The number of aryl methyl sites for hydroxylation is 2. The molecular weight excluding hydrogens is 224 g/mol. The van der Waals surface area contributed by atoms with Gasteiger partial charge in [0.2, 0.25) is 0 Å². The number of nitrogens with zero attached hydrogens (tertiary/aromatic N) is 1. The van der Waals surface area contributed by atoms with Gasteiger partial charge in [-0.1, -0.05) is 18.2 Å². The summed E-state index contributed by atoms with van der Waals surface area (Å²) in [6.07, 6.45) is 0. The Morgan fingerprint density at radius 2 is 1.89 bits per heavy atom. The quantitative estimate of drug-likeness (QED) is 0.841. The molecule has 0 amide bonds. The molecule has 0 unspecified atom stereocenters. The van der Waals surface area contributed by atoms with Crippen molar-refractivity contribution >= 4 is 10.9 Å². The van der Waals surface area contributed by atoms with Gasteiger partial charge in [0.25, 0.3) is 0 Å². The summed E-state index contributed by atoms with van der Waals surface area (Å²) in [5.74, 6) is 0. The van der Waals surface area contributed by atoms with Gasteiger partial charge in [-0.3, -0.25) is 4.84 Å². The van der Waals surface area contributed by atoms with E-state index in [1.54, 1.807) is 0 Å². The summed E-state index contributed by atoms with van der Waals surface area (Å²) >= 11 is 0. The van der Waals surface area contributed by atoms with E-state index in [2.05, 4.69) is 48.3 Å². The summed E-state index contributed by atoms with van der Waals surface area (Å²) in [7, 11) is 2.10. The summed E-state index contributed by atoms with van der Waals surface area (Å²) in [5, 5.41) is 1.31. The highest BCUT2D eigenvalue weighted by Crippen LogP contribution is 2.24. The average molecular weight is 246 g/mol. The van der Waals surface area contributed by atoms with Crippen molar-refractivity contribution in [3.63, 3.8) is 0 Å². The monoisotopic (exact) mass is 246 g/mol. The molecule has 0 aliphatic heterocycles. The first-order chi connectivity index (χ1) is 8.40. The number of nitrogens with one attached hydrogen (secondary N) is 1. The lowest BCUT2D eigenvalue weighted by Gasteiger charge is -2.19. The van der Waals surface area contributed by atoms with Crippen LogP contribution in [0.25, 0.3) is 10.9 Å². The molecule has 18 heavy (non-hydrogen) atoms. The van der Waals surface area contributed by atoms with Crippen LogP contribution in [0.3, 0.4) is 0 Å². The molecular formula is C15H22N2O. The second-order valence-electron chi connectivity index (χ2n) is 5.68. The Labute approximate surface area is 109 Å². The number of rotatable bonds is 3. The van der Waals surface area contributed by atoms with Crippen molar-refractivity contribution in [2.45, 2.75) is 39.8 Å². The van der Waals surface area contributed by atoms with Gasteiger partial charge in [-0.05, 0) is 39.3 Å². The zero-order chi connectivity index (χ0) is 13.3. The Hall–Kier alpha value is -1.32. The molecule has 1 N–H and O–H groups in total. The third-order valence-corrected chi connectivity index (χ3v) is 3.13. The molecule has 1 aromatic carbocycles. The van der Waals surface area contributed by atoms with Crippen LogP contribution in [0.15, 0.2) is 24.3 Å². The fraction of sp³-hybridized carbons (Fsp3) is 0.467. The van der Waals surface area contributed by atoms with Gasteiger partial charge in [-0.15, -0.1) is 0 Å². The highest BCUT2D eigenvalue weighted by molar-refractivity contribution is 5.85. The number of fused-ring (bicyclic) bond motifs is 1. The largest absolute Gasteiger partial charge is 0.346 e. The first-order valence-electron chi connectivity index (χ1n) is 6.34. The van der Waals surface area contributed by atoms with E-state index >= 15 is 0 Å². The smallest absolute Gasteiger partial charge is 0.0813 e. The van der Waals surface area contributed by atoms with Gasteiger partial charge >= 0.3 is 0 Å². The van der Waals surface area contributed by atoms with Gasteiger partial charge in [-0.2, -0.15) is 5.48 Å². The molecule has 98 valence electrons. The lowest BCUT2D eigenvalue weighted by Crippen LogP contribution is -2.29. The standard InChI is InChI=1S/C15H22N2O/c1-11-12-8-6-7-9-13(12)17(5)14(11)10-16-18-15(2,3)4/h6-9,16H,10H2,1-5H3. The normalized spacial score (nSPS) is 12.3. The maximum Gasteiger partial charge on any atom is 0.0813 e. The summed E-state index contributed by atoms with van der Waals surface area (Å²) in [6.45, 7) is 8.99. The molecule has 3 heteroatoms. The number of benzene rings is 1. The van der Waals surface area contributed by atoms with Crippen LogP contribution in [0, 0.1) is 6.92 Å². The van der Waals surface area contributed by atoms with Crippen LogP contribution in [0.2, 0.25) is 0 Å². The predicted molar refractivity (Wildman–Crippen MR) is 75.3 cm³/mol. The minimum atomic E-state index is -0.168. The van der Waals surface area contributed by atoms with Crippen molar-refractivity contribution in [3.8, 4) is 0 Å². The Balaban J connectivity index is 2.23. The number of aromatic nitrogens is 1. The van der Waals surface area contributed by atoms with Crippen LogP contribution in [0.1, 0.15) is 32.0 Å². The molecule has 0 saturated carbocycles. The third kappa shape index (κ3) is 2.57.